The smallest absolute Gasteiger partial charge is 0.167 e. The van der Waals surface area contributed by atoms with Crippen LogP contribution in [0.15, 0.2) is 48.5 Å². The molecular formula is C19H18O. The largest absolute Gasteiger partial charge is 0.294 e. The summed E-state index contributed by atoms with van der Waals surface area (Å²) in [7, 11) is 0. The van der Waals surface area contributed by atoms with Crippen molar-refractivity contribution in [3.63, 3.8) is 0 Å². The van der Waals surface area contributed by atoms with Crippen LogP contribution in [0.2, 0.25) is 0 Å². The molecule has 0 amide bonds. The van der Waals surface area contributed by atoms with Gasteiger partial charge in [0.25, 0.3) is 0 Å². The lowest BCUT2D eigenvalue weighted by molar-refractivity contribution is 0.0811. The molecule has 0 fully saturated rings. The maximum absolute atomic E-state index is 12.7. The van der Waals surface area contributed by atoms with Crippen LogP contribution in [0.4, 0.5) is 0 Å². The highest BCUT2D eigenvalue weighted by atomic mass is 16.1. The van der Waals surface area contributed by atoms with E-state index in [1.54, 1.807) is 0 Å². The highest BCUT2D eigenvalue weighted by molar-refractivity contribution is 6.02. The average molecular weight is 262 g/mol. The number of hydrogen-bond acceptors (Lipinski definition) is 1. The number of hydrogen-bond donors (Lipinski definition) is 0. The summed E-state index contributed by atoms with van der Waals surface area (Å²) in [4.78, 5) is 12.7. The molecule has 0 saturated heterocycles. The number of rotatable bonds is 1. The SMILES string of the molecule is CC1(C2Cc3ccccc3C2=O)Cc2ccccc2C1. The molecule has 1 unspecified atom stereocenters. The van der Waals surface area contributed by atoms with Gasteiger partial charge in [-0.3, -0.25) is 4.79 Å². The Labute approximate surface area is 119 Å². The third-order valence-corrected chi connectivity index (χ3v) is 5.17. The van der Waals surface area contributed by atoms with Gasteiger partial charge in [-0.15, -0.1) is 0 Å². The summed E-state index contributed by atoms with van der Waals surface area (Å²) in [6.07, 6.45) is 2.99. The standard InChI is InChI=1S/C19H18O/c1-19(11-14-7-2-3-8-15(14)12-19)17-10-13-6-4-5-9-16(13)18(17)20/h2-9,17H,10-12H2,1H3. The van der Waals surface area contributed by atoms with Crippen molar-refractivity contribution in [1.82, 2.24) is 0 Å². The van der Waals surface area contributed by atoms with Crippen LogP contribution < -0.4 is 0 Å². The predicted molar refractivity (Wildman–Crippen MR) is 79.9 cm³/mol. The van der Waals surface area contributed by atoms with Gasteiger partial charge >= 0.3 is 0 Å². The first-order valence-electron chi connectivity index (χ1n) is 7.36. The minimum absolute atomic E-state index is 0.0831. The fourth-order valence-electron chi connectivity index (χ4n) is 4.08. The molecule has 0 aromatic heterocycles. The molecule has 0 aliphatic heterocycles. The molecule has 1 atom stereocenters. The number of Topliss-reactive ketones (excluding diaryl/α,β-unsaturated/α-hetero) is 1. The van der Waals surface area contributed by atoms with Gasteiger partial charge in [0.1, 0.15) is 0 Å². The lowest BCUT2D eigenvalue weighted by Crippen LogP contribution is -2.32. The van der Waals surface area contributed by atoms with Crippen molar-refractivity contribution in [3.05, 3.63) is 70.8 Å². The van der Waals surface area contributed by atoms with E-state index in [1.807, 2.05) is 18.2 Å². The van der Waals surface area contributed by atoms with Crippen LogP contribution in [-0.2, 0) is 19.3 Å². The number of carbonyl (C=O) groups is 1. The van der Waals surface area contributed by atoms with Gasteiger partial charge in [-0.05, 0) is 41.4 Å². The Morgan fingerprint density at radius 2 is 1.45 bits per heavy atom. The Hall–Kier alpha value is -1.89. The maximum Gasteiger partial charge on any atom is 0.167 e. The van der Waals surface area contributed by atoms with E-state index in [2.05, 4.69) is 37.3 Å². The van der Waals surface area contributed by atoms with Crippen LogP contribution in [-0.4, -0.2) is 5.78 Å². The third kappa shape index (κ3) is 1.59. The highest BCUT2D eigenvalue weighted by Gasteiger charge is 2.46. The zero-order chi connectivity index (χ0) is 13.7. The van der Waals surface area contributed by atoms with Gasteiger partial charge in [-0.25, -0.2) is 0 Å². The Kier molecular flexibility index (Phi) is 2.41. The van der Waals surface area contributed by atoms with E-state index < -0.39 is 0 Å². The van der Waals surface area contributed by atoms with Crippen LogP contribution in [0.3, 0.4) is 0 Å². The van der Waals surface area contributed by atoms with E-state index in [0.717, 1.165) is 24.8 Å². The van der Waals surface area contributed by atoms with Crippen LogP contribution in [0.5, 0.6) is 0 Å². The minimum atomic E-state index is 0.0831. The highest BCUT2D eigenvalue weighted by Crippen LogP contribution is 2.47. The topological polar surface area (TPSA) is 17.1 Å². The fourth-order valence-corrected chi connectivity index (χ4v) is 4.08. The van der Waals surface area contributed by atoms with Crippen molar-refractivity contribution in [2.45, 2.75) is 26.2 Å². The summed E-state index contributed by atoms with van der Waals surface area (Å²) in [6.45, 7) is 2.29. The second-order valence-corrected chi connectivity index (χ2v) is 6.55. The van der Waals surface area contributed by atoms with E-state index >= 15 is 0 Å². The summed E-state index contributed by atoms with van der Waals surface area (Å²) >= 11 is 0. The summed E-state index contributed by atoms with van der Waals surface area (Å²) in [5.74, 6) is 0.503. The predicted octanol–water partition coefficient (Wildman–Crippen LogP) is 3.85. The first kappa shape index (κ1) is 11.9. The molecule has 4 rings (SSSR count). The molecule has 2 aliphatic carbocycles. The van der Waals surface area contributed by atoms with Crippen molar-refractivity contribution in [3.8, 4) is 0 Å². The Morgan fingerprint density at radius 1 is 0.900 bits per heavy atom. The lowest BCUT2D eigenvalue weighted by Gasteiger charge is -2.29. The van der Waals surface area contributed by atoms with E-state index in [-0.39, 0.29) is 11.3 Å². The number of fused-ring (bicyclic) bond motifs is 2. The van der Waals surface area contributed by atoms with Gasteiger partial charge in [0.05, 0.1) is 0 Å². The molecule has 0 spiro atoms. The third-order valence-electron chi connectivity index (χ3n) is 5.17. The van der Waals surface area contributed by atoms with Gasteiger partial charge in [-0.1, -0.05) is 55.5 Å². The second kappa shape index (κ2) is 4.05. The van der Waals surface area contributed by atoms with Crippen molar-refractivity contribution < 1.29 is 4.79 Å². The molecule has 1 heteroatoms. The number of carbonyl (C=O) groups excluding carboxylic acids is 1. The molecule has 0 bridgehead atoms. The first-order valence-corrected chi connectivity index (χ1v) is 7.36. The Morgan fingerprint density at radius 3 is 2.05 bits per heavy atom. The Balaban J connectivity index is 1.70. The van der Waals surface area contributed by atoms with Crippen LogP contribution >= 0.6 is 0 Å². The molecule has 2 aromatic rings. The van der Waals surface area contributed by atoms with E-state index in [1.165, 1.54) is 16.7 Å². The fraction of sp³-hybridized carbons (Fsp3) is 0.316. The summed E-state index contributed by atoms with van der Waals surface area (Å²) in [5, 5.41) is 0. The maximum atomic E-state index is 12.7. The summed E-state index contributed by atoms with van der Waals surface area (Å²) in [5.41, 5.74) is 5.13. The monoisotopic (exact) mass is 262 g/mol. The second-order valence-electron chi connectivity index (χ2n) is 6.55. The van der Waals surface area contributed by atoms with Crippen molar-refractivity contribution in [2.24, 2.45) is 11.3 Å². The molecule has 1 nitrogen and oxygen atoms in total. The van der Waals surface area contributed by atoms with Gasteiger partial charge in [0, 0.05) is 11.5 Å². The summed E-state index contributed by atoms with van der Waals surface area (Å²) < 4.78 is 0. The van der Waals surface area contributed by atoms with Crippen LogP contribution in [0.1, 0.15) is 34.0 Å². The normalized spacial score (nSPS) is 22.6. The summed E-state index contributed by atoms with van der Waals surface area (Å²) in [6, 6.07) is 16.8. The molecule has 0 radical (unpaired) electrons. The van der Waals surface area contributed by atoms with Crippen LogP contribution in [0, 0.1) is 11.3 Å². The molecule has 0 N–H and O–H groups in total. The van der Waals surface area contributed by atoms with E-state index in [9.17, 15) is 4.79 Å². The molecule has 0 saturated carbocycles. The van der Waals surface area contributed by atoms with Gasteiger partial charge in [-0.2, -0.15) is 0 Å². The lowest BCUT2D eigenvalue weighted by atomic mass is 9.72. The molecule has 20 heavy (non-hydrogen) atoms. The number of ketones is 1. The zero-order valence-corrected chi connectivity index (χ0v) is 11.7. The first-order chi connectivity index (χ1) is 9.67. The van der Waals surface area contributed by atoms with Crippen molar-refractivity contribution in [1.29, 1.82) is 0 Å². The Bertz CT molecular complexity index is 673. The average Bonchev–Trinajstić information content (AvgIpc) is 2.97. The van der Waals surface area contributed by atoms with Crippen LogP contribution in [0.25, 0.3) is 0 Å². The zero-order valence-electron chi connectivity index (χ0n) is 11.7. The molecular weight excluding hydrogens is 244 g/mol. The molecule has 2 aromatic carbocycles. The number of benzene rings is 2. The van der Waals surface area contributed by atoms with Gasteiger partial charge in [0.15, 0.2) is 5.78 Å². The molecule has 100 valence electrons. The molecule has 0 heterocycles. The van der Waals surface area contributed by atoms with Gasteiger partial charge in [0.2, 0.25) is 0 Å². The van der Waals surface area contributed by atoms with E-state index in [4.69, 9.17) is 0 Å². The van der Waals surface area contributed by atoms with Crippen molar-refractivity contribution in [2.75, 3.05) is 0 Å². The quantitative estimate of drug-likeness (QED) is 0.763. The van der Waals surface area contributed by atoms with E-state index in [0.29, 0.717) is 5.78 Å². The minimum Gasteiger partial charge on any atom is -0.294 e. The van der Waals surface area contributed by atoms with Crippen molar-refractivity contribution >= 4 is 5.78 Å². The molecule has 2 aliphatic rings. The van der Waals surface area contributed by atoms with Gasteiger partial charge < -0.3 is 0 Å².